The zero-order chi connectivity index (χ0) is 6.41. The van der Waals surface area contributed by atoms with Crippen molar-refractivity contribution in [2.45, 2.75) is 19.8 Å². The molecule has 0 rings (SSSR count). The van der Waals surface area contributed by atoms with Crippen molar-refractivity contribution in [1.29, 1.82) is 5.26 Å². The third-order valence-electron chi connectivity index (χ3n) is 1.00. The van der Waals surface area contributed by atoms with Crippen LogP contribution in [0.4, 0.5) is 0 Å². The zero-order valence-corrected chi connectivity index (χ0v) is 5.05. The maximum atomic E-state index is 9.84. The minimum atomic E-state index is -0.0496. The van der Waals surface area contributed by atoms with Gasteiger partial charge in [0.25, 0.3) is 0 Å². The first-order valence-corrected chi connectivity index (χ1v) is 2.79. The largest absolute Gasteiger partial charge is 0.237 e. The van der Waals surface area contributed by atoms with Crippen LogP contribution in [0.15, 0.2) is 0 Å². The molecule has 0 aliphatic rings. The molecular weight excluding hydrogens is 102 g/mol. The molecule has 45 valence electrons. The molecule has 2 nitrogen and oxygen atoms in total. The summed E-state index contributed by atoms with van der Waals surface area (Å²) in [5, 5.41) is 18.1. The van der Waals surface area contributed by atoms with E-state index < -0.39 is 0 Å². The van der Waals surface area contributed by atoms with Crippen LogP contribution in [0.3, 0.4) is 0 Å². The Morgan fingerprint density at radius 2 is 2.38 bits per heavy atom. The van der Waals surface area contributed by atoms with Crippen LogP contribution in [0.1, 0.15) is 19.8 Å². The molecule has 2 heteroatoms. The third-order valence-corrected chi connectivity index (χ3v) is 1.00. The normalized spacial score (nSPS) is 12.6. The molecule has 0 fully saturated rings. The predicted molar refractivity (Wildman–Crippen MR) is 29.6 cm³/mol. The van der Waals surface area contributed by atoms with Crippen molar-refractivity contribution in [3.63, 3.8) is 0 Å². The van der Waals surface area contributed by atoms with E-state index in [-0.39, 0.29) is 12.5 Å². The molecule has 1 atom stereocenters. The van der Waals surface area contributed by atoms with Crippen molar-refractivity contribution in [2.75, 3.05) is 6.61 Å². The Morgan fingerprint density at radius 3 is 2.75 bits per heavy atom. The Morgan fingerprint density at radius 1 is 1.75 bits per heavy atom. The lowest BCUT2D eigenvalue weighted by atomic mass is 10.1. The number of hydrogen-bond acceptors (Lipinski definition) is 1. The van der Waals surface area contributed by atoms with Gasteiger partial charge in [0.1, 0.15) is 0 Å². The molecule has 0 aromatic heterocycles. The van der Waals surface area contributed by atoms with Gasteiger partial charge in [-0.2, -0.15) is 5.26 Å². The predicted octanol–water partition coefficient (Wildman–Crippen LogP) is 1.36. The molecule has 1 unspecified atom stereocenters. The Balaban J connectivity index is 3.02. The summed E-state index contributed by atoms with van der Waals surface area (Å²) in [5.74, 6) is 0.0592. The zero-order valence-electron chi connectivity index (χ0n) is 5.05. The van der Waals surface area contributed by atoms with Crippen molar-refractivity contribution < 1.29 is 5.11 Å². The molecule has 0 saturated carbocycles. The van der Waals surface area contributed by atoms with Crippen LogP contribution >= 0.6 is 0 Å². The van der Waals surface area contributed by atoms with Gasteiger partial charge in [-0.05, 0) is 19.8 Å². The highest BCUT2D eigenvalue weighted by molar-refractivity contribution is 4.77. The molecule has 0 aliphatic heterocycles. The van der Waals surface area contributed by atoms with E-state index in [0.29, 0.717) is 6.42 Å². The summed E-state index contributed by atoms with van der Waals surface area (Å²) >= 11 is 0. The Bertz CT molecular complexity index is 85.0. The van der Waals surface area contributed by atoms with Crippen molar-refractivity contribution in [2.24, 2.45) is 5.92 Å². The summed E-state index contributed by atoms with van der Waals surface area (Å²) in [7, 11) is 0. The summed E-state index contributed by atoms with van der Waals surface area (Å²) in [4.78, 5) is 0. The first-order chi connectivity index (χ1) is 3.81. The molecule has 1 radical (unpaired) electrons. The Kier molecular flexibility index (Phi) is 4.29. The standard InChI is InChI=1S/C6H10NO/c1-6(5-7)3-2-4-8/h6H,2-4H2,1H3. The molecule has 0 aromatic rings. The quantitative estimate of drug-likeness (QED) is 0.543. The minimum absolute atomic E-state index is 0.0496. The van der Waals surface area contributed by atoms with Crippen LogP contribution in [0.5, 0.6) is 0 Å². The van der Waals surface area contributed by atoms with E-state index in [9.17, 15) is 5.11 Å². The first-order valence-electron chi connectivity index (χ1n) is 2.79. The average Bonchev–Trinajstić information content (AvgIpc) is 1.83. The lowest BCUT2D eigenvalue weighted by molar-refractivity contribution is 0.184. The molecule has 0 N–H and O–H groups in total. The number of rotatable bonds is 3. The van der Waals surface area contributed by atoms with E-state index in [1.54, 1.807) is 0 Å². The molecule has 0 aromatic carbocycles. The van der Waals surface area contributed by atoms with Gasteiger partial charge in [-0.1, -0.05) is 0 Å². The van der Waals surface area contributed by atoms with Gasteiger partial charge in [-0.15, -0.1) is 0 Å². The van der Waals surface area contributed by atoms with Gasteiger partial charge in [-0.25, -0.2) is 5.11 Å². The van der Waals surface area contributed by atoms with Gasteiger partial charge < -0.3 is 0 Å². The van der Waals surface area contributed by atoms with Gasteiger partial charge in [-0.3, -0.25) is 0 Å². The highest BCUT2D eigenvalue weighted by Crippen LogP contribution is 2.01. The summed E-state index contributed by atoms with van der Waals surface area (Å²) in [6.45, 7) is 1.78. The van der Waals surface area contributed by atoms with E-state index in [4.69, 9.17) is 5.26 Å². The van der Waals surface area contributed by atoms with Crippen LogP contribution in [0.25, 0.3) is 0 Å². The molecule has 0 bridgehead atoms. The fourth-order valence-corrected chi connectivity index (χ4v) is 0.454. The summed E-state index contributed by atoms with van der Waals surface area (Å²) < 4.78 is 0. The van der Waals surface area contributed by atoms with Crippen molar-refractivity contribution in [3.8, 4) is 6.07 Å². The Labute approximate surface area is 49.8 Å². The number of nitrogens with zero attached hydrogens (tertiary/aromatic N) is 1. The van der Waals surface area contributed by atoms with Crippen LogP contribution in [-0.2, 0) is 5.11 Å². The molecule has 8 heavy (non-hydrogen) atoms. The highest BCUT2D eigenvalue weighted by Gasteiger charge is 1.96. The number of nitriles is 1. The second-order valence-electron chi connectivity index (χ2n) is 1.88. The van der Waals surface area contributed by atoms with Crippen LogP contribution in [0, 0.1) is 17.2 Å². The van der Waals surface area contributed by atoms with Crippen LogP contribution in [0.2, 0.25) is 0 Å². The van der Waals surface area contributed by atoms with Gasteiger partial charge in [0, 0.05) is 5.92 Å². The fraction of sp³-hybridized carbons (Fsp3) is 0.833. The summed E-state index contributed by atoms with van der Waals surface area (Å²) in [6.07, 6.45) is 1.38. The van der Waals surface area contributed by atoms with Gasteiger partial charge in [0.2, 0.25) is 0 Å². The van der Waals surface area contributed by atoms with E-state index in [1.807, 2.05) is 6.92 Å². The minimum Gasteiger partial charge on any atom is -0.237 e. The first kappa shape index (κ1) is 7.45. The van der Waals surface area contributed by atoms with Gasteiger partial charge >= 0.3 is 0 Å². The van der Waals surface area contributed by atoms with Gasteiger partial charge in [0.05, 0.1) is 12.7 Å². The fourth-order valence-electron chi connectivity index (χ4n) is 0.454. The maximum absolute atomic E-state index is 9.84. The lowest BCUT2D eigenvalue weighted by Crippen LogP contribution is -1.90. The topological polar surface area (TPSA) is 43.7 Å². The SMILES string of the molecule is CC(C#N)CCC[O]. The molecule has 0 saturated heterocycles. The van der Waals surface area contributed by atoms with E-state index in [2.05, 4.69) is 6.07 Å². The molecule has 0 amide bonds. The average molecular weight is 112 g/mol. The smallest absolute Gasteiger partial charge is 0.0822 e. The van der Waals surface area contributed by atoms with Crippen LogP contribution in [-0.4, -0.2) is 6.61 Å². The maximum Gasteiger partial charge on any atom is 0.0822 e. The Hall–Kier alpha value is -0.550. The van der Waals surface area contributed by atoms with Crippen molar-refractivity contribution in [1.82, 2.24) is 0 Å². The van der Waals surface area contributed by atoms with Crippen molar-refractivity contribution >= 4 is 0 Å². The molecule has 0 aliphatic carbocycles. The van der Waals surface area contributed by atoms with Crippen LogP contribution < -0.4 is 0 Å². The third kappa shape index (κ3) is 3.63. The number of hydrogen-bond donors (Lipinski definition) is 0. The van der Waals surface area contributed by atoms with Gasteiger partial charge in [0.15, 0.2) is 0 Å². The molecule has 0 heterocycles. The van der Waals surface area contributed by atoms with E-state index >= 15 is 0 Å². The second kappa shape index (κ2) is 4.61. The monoisotopic (exact) mass is 112 g/mol. The summed E-state index contributed by atoms with van der Waals surface area (Å²) in [6, 6.07) is 2.06. The molecule has 0 spiro atoms. The van der Waals surface area contributed by atoms with Crippen molar-refractivity contribution in [3.05, 3.63) is 0 Å². The van der Waals surface area contributed by atoms with E-state index in [1.165, 1.54) is 0 Å². The summed E-state index contributed by atoms with van der Waals surface area (Å²) in [5.41, 5.74) is 0. The van der Waals surface area contributed by atoms with E-state index in [0.717, 1.165) is 6.42 Å². The highest BCUT2D eigenvalue weighted by atomic mass is 16.2. The molecular formula is C6H10NO. The second-order valence-corrected chi connectivity index (χ2v) is 1.88. The lowest BCUT2D eigenvalue weighted by Gasteiger charge is -1.94.